The molecule has 1 saturated carbocycles. The molecule has 2 N–H and O–H groups in total. The Morgan fingerprint density at radius 3 is 2.90 bits per heavy atom. The monoisotopic (exact) mass is 285 g/mol. The maximum absolute atomic E-state index is 12.4. The summed E-state index contributed by atoms with van der Waals surface area (Å²) >= 11 is 0. The van der Waals surface area contributed by atoms with E-state index in [1.807, 2.05) is 0 Å². The number of amides is 1. The molecule has 0 saturated heterocycles. The quantitative estimate of drug-likeness (QED) is 0.878. The first-order valence-corrected chi connectivity index (χ1v) is 8.34. The van der Waals surface area contributed by atoms with Crippen LogP contribution in [-0.2, 0) is 11.2 Å². The Kier molecular flexibility index (Phi) is 3.26. The molecule has 1 aromatic rings. The summed E-state index contributed by atoms with van der Waals surface area (Å²) in [6.45, 7) is 0. The van der Waals surface area contributed by atoms with E-state index >= 15 is 0 Å². The van der Waals surface area contributed by atoms with Crippen LogP contribution in [0, 0.1) is 5.92 Å². The standard InChI is InChI=1S/C18H23NO2/c20-16-9-3-8-14(16)18(21)19-15-10-12-6-1-4-11-5-2-7-13(15)17(11)12/h2,5,7,12,14-16,20H,1,3-4,6,8-10H2,(H,19,21). The first-order valence-electron chi connectivity index (χ1n) is 8.34. The lowest BCUT2D eigenvalue weighted by Gasteiger charge is -2.20. The van der Waals surface area contributed by atoms with Gasteiger partial charge in [-0.25, -0.2) is 0 Å². The number of benzene rings is 1. The largest absolute Gasteiger partial charge is 0.392 e. The SMILES string of the molecule is O=C(NC1CC2CCCc3cccc1c32)C1CCCC1O. The van der Waals surface area contributed by atoms with Crippen molar-refractivity contribution in [3.05, 3.63) is 34.9 Å². The molecule has 0 spiro atoms. The van der Waals surface area contributed by atoms with Gasteiger partial charge in [-0.1, -0.05) is 18.2 Å². The van der Waals surface area contributed by atoms with Crippen molar-refractivity contribution in [3.8, 4) is 0 Å². The summed E-state index contributed by atoms with van der Waals surface area (Å²) in [6.07, 6.45) is 6.87. The van der Waals surface area contributed by atoms with Crippen LogP contribution in [0.25, 0.3) is 0 Å². The molecule has 1 fully saturated rings. The number of carbonyl (C=O) groups is 1. The molecule has 3 aliphatic rings. The topological polar surface area (TPSA) is 49.3 Å². The minimum Gasteiger partial charge on any atom is -0.392 e. The smallest absolute Gasteiger partial charge is 0.226 e. The Bertz CT molecular complexity index is 568. The molecule has 0 radical (unpaired) electrons. The zero-order valence-corrected chi connectivity index (χ0v) is 12.3. The van der Waals surface area contributed by atoms with Crippen LogP contribution in [0.3, 0.4) is 0 Å². The zero-order valence-electron chi connectivity index (χ0n) is 12.3. The van der Waals surface area contributed by atoms with Gasteiger partial charge in [-0.2, -0.15) is 0 Å². The molecule has 0 heterocycles. The number of nitrogens with one attached hydrogen (secondary N) is 1. The summed E-state index contributed by atoms with van der Waals surface area (Å²) in [5.41, 5.74) is 4.33. The maximum Gasteiger partial charge on any atom is 0.226 e. The number of aryl methyl sites for hydroxylation is 1. The van der Waals surface area contributed by atoms with Crippen molar-refractivity contribution in [1.82, 2.24) is 5.32 Å². The lowest BCUT2D eigenvalue weighted by molar-refractivity contribution is -0.128. The van der Waals surface area contributed by atoms with E-state index in [9.17, 15) is 9.90 Å². The second kappa shape index (κ2) is 5.13. The highest BCUT2D eigenvalue weighted by Gasteiger charge is 2.38. The number of aliphatic hydroxyl groups is 1. The van der Waals surface area contributed by atoms with Crippen LogP contribution in [0.15, 0.2) is 18.2 Å². The van der Waals surface area contributed by atoms with E-state index in [0.717, 1.165) is 25.7 Å². The number of rotatable bonds is 2. The van der Waals surface area contributed by atoms with Gasteiger partial charge in [-0.15, -0.1) is 0 Å². The molecule has 21 heavy (non-hydrogen) atoms. The lowest BCUT2D eigenvalue weighted by Crippen LogP contribution is -2.36. The van der Waals surface area contributed by atoms with Crippen molar-refractivity contribution < 1.29 is 9.90 Å². The van der Waals surface area contributed by atoms with Gasteiger partial charge in [0.15, 0.2) is 0 Å². The van der Waals surface area contributed by atoms with Gasteiger partial charge in [-0.3, -0.25) is 4.79 Å². The summed E-state index contributed by atoms with van der Waals surface area (Å²) < 4.78 is 0. The second-order valence-corrected chi connectivity index (χ2v) is 6.91. The molecule has 4 atom stereocenters. The fraction of sp³-hybridized carbons (Fsp3) is 0.611. The fourth-order valence-corrected chi connectivity index (χ4v) is 4.64. The van der Waals surface area contributed by atoms with E-state index in [1.54, 1.807) is 0 Å². The molecule has 4 unspecified atom stereocenters. The van der Waals surface area contributed by atoms with Crippen LogP contribution in [0.5, 0.6) is 0 Å². The van der Waals surface area contributed by atoms with E-state index in [0.29, 0.717) is 5.92 Å². The Balaban J connectivity index is 1.56. The Hall–Kier alpha value is -1.35. The average Bonchev–Trinajstić information content (AvgIpc) is 3.06. The van der Waals surface area contributed by atoms with Crippen molar-refractivity contribution in [2.75, 3.05) is 0 Å². The van der Waals surface area contributed by atoms with Gasteiger partial charge in [0.2, 0.25) is 5.91 Å². The minimum atomic E-state index is -0.441. The van der Waals surface area contributed by atoms with Gasteiger partial charge in [-0.05, 0) is 67.6 Å². The third-order valence-electron chi connectivity index (χ3n) is 5.67. The first kappa shape index (κ1) is 13.3. The Morgan fingerprint density at radius 2 is 2.10 bits per heavy atom. The fourth-order valence-electron chi connectivity index (χ4n) is 4.64. The summed E-state index contributed by atoms with van der Waals surface area (Å²) in [5.74, 6) is 0.491. The summed E-state index contributed by atoms with van der Waals surface area (Å²) in [4.78, 5) is 12.4. The summed E-state index contributed by atoms with van der Waals surface area (Å²) in [5, 5.41) is 13.1. The second-order valence-electron chi connectivity index (χ2n) is 6.91. The van der Waals surface area contributed by atoms with Crippen LogP contribution in [0.2, 0.25) is 0 Å². The predicted octanol–water partition coefficient (Wildman–Crippen LogP) is 2.83. The highest BCUT2D eigenvalue weighted by atomic mass is 16.3. The van der Waals surface area contributed by atoms with Crippen molar-refractivity contribution in [3.63, 3.8) is 0 Å². The molecule has 1 aromatic carbocycles. The summed E-state index contributed by atoms with van der Waals surface area (Å²) in [7, 11) is 0. The van der Waals surface area contributed by atoms with Crippen molar-refractivity contribution in [2.24, 2.45) is 5.92 Å². The molecule has 112 valence electrons. The van der Waals surface area contributed by atoms with E-state index < -0.39 is 6.10 Å². The number of carbonyl (C=O) groups excluding carboxylic acids is 1. The van der Waals surface area contributed by atoms with Crippen molar-refractivity contribution >= 4 is 5.91 Å². The van der Waals surface area contributed by atoms with Crippen LogP contribution in [-0.4, -0.2) is 17.1 Å². The normalized spacial score (nSPS) is 33.8. The lowest BCUT2D eigenvalue weighted by atomic mass is 9.84. The van der Waals surface area contributed by atoms with Gasteiger partial charge < -0.3 is 10.4 Å². The minimum absolute atomic E-state index is 0.0567. The van der Waals surface area contributed by atoms with Crippen LogP contribution >= 0.6 is 0 Å². The molecular formula is C18H23NO2. The Morgan fingerprint density at radius 1 is 1.19 bits per heavy atom. The van der Waals surface area contributed by atoms with Gasteiger partial charge in [0.25, 0.3) is 0 Å². The maximum atomic E-state index is 12.4. The molecule has 0 aliphatic heterocycles. The molecule has 0 bridgehead atoms. The van der Waals surface area contributed by atoms with Gasteiger partial charge in [0, 0.05) is 0 Å². The van der Waals surface area contributed by atoms with Gasteiger partial charge >= 0.3 is 0 Å². The number of aliphatic hydroxyl groups excluding tert-OH is 1. The highest BCUT2D eigenvalue weighted by molar-refractivity contribution is 5.80. The van der Waals surface area contributed by atoms with Crippen LogP contribution in [0.1, 0.15) is 67.2 Å². The number of hydrogen-bond donors (Lipinski definition) is 2. The third-order valence-corrected chi connectivity index (χ3v) is 5.67. The Labute approximate surface area is 125 Å². The van der Waals surface area contributed by atoms with Crippen LogP contribution < -0.4 is 5.32 Å². The van der Waals surface area contributed by atoms with Gasteiger partial charge in [0.05, 0.1) is 18.1 Å². The average molecular weight is 285 g/mol. The van der Waals surface area contributed by atoms with E-state index in [4.69, 9.17) is 0 Å². The molecule has 1 amide bonds. The number of hydrogen-bond acceptors (Lipinski definition) is 2. The molecule has 3 nitrogen and oxygen atoms in total. The predicted molar refractivity (Wildman–Crippen MR) is 81.0 cm³/mol. The van der Waals surface area contributed by atoms with Crippen molar-refractivity contribution in [2.45, 2.75) is 63.0 Å². The molecule has 3 aliphatic carbocycles. The molecule has 0 aromatic heterocycles. The molecular weight excluding hydrogens is 262 g/mol. The first-order chi connectivity index (χ1) is 10.2. The van der Waals surface area contributed by atoms with E-state index in [1.165, 1.54) is 36.0 Å². The van der Waals surface area contributed by atoms with Crippen molar-refractivity contribution in [1.29, 1.82) is 0 Å². The van der Waals surface area contributed by atoms with Crippen LogP contribution in [0.4, 0.5) is 0 Å². The zero-order chi connectivity index (χ0) is 14.4. The third kappa shape index (κ3) is 2.18. The highest BCUT2D eigenvalue weighted by Crippen LogP contribution is 2.47. The van der Waals surface area contributed by atoms with Gasteiger partial charge in [0.1, 0.15) is 0 Å². The molecule has 3 heteroatoms. The molecule has 4 rings (SSSR count). The summed E-state index contributed by atoms with van der Waals surface area (Å²) in [6, 6.07) is 6.71. The van der Waals surface area contributed by atoms with E-state index in [-0.39, 0.29) is 17.9 Å². The van der Waals surface area contributed by atoms with E-state index in [2.05, 4.69) is 23.5 Å².